The maximum absolute atomic E-state index is 11.5. The molecule has 0 saturated carbocycles. The highest BCUT2D eigenvalue weighted by molar-refractivity contribution is 6.02. The van der Waals surface area contributed by atoms with Crippen molar-refractivity contribution in [3.05, 3.63) is 42.2 Å². The minimum atomic E-state index is -0.0141. The number of hydrogen-bond acceptors (Lipinski definition) is 5. The highest BCUT2D eigenvalue weighted by Crippen LogP contribution is 2.14. The quantitative estimate of drug-likeness (QED) is 0.806. The van der Waals surface area contributed by atoms with Crippen molar-refractivity contribution in [1.29, 1.82) is 0 Å². The van der Waals surface area contributed by atoms with Crippen LogP contribution in [-0.2, 0) is 9.63 Å². The van der Waals surface area contributed by atoms with Crippen LogP contribution in [-0.4, -0.2) is 44.2 Å². The van der Waals surface area contributed by atoms with E-state index in [2.05, 4.69) is 5.16 Å². The summed E-state index contributed by atoms with van der Waals surface area (Å²) in [5.74, 6) is 0.628. The number of anilines is 1. The molecule has 2 rings (SSSR count). The van der Waals surface area contributed by atoms with Gasteiger partial charge in [0.1, 0.15) is 6.26 Å². The Morgan fingerprint density at radius 2 is 1.95 bits per heavy atom. The molecule has 0 fully saturated rings. The van der Waals surface area contributed by atoms with Gasteiger partial charge in [-0.05, 0) is 24.3 Å². The Balaban J connectivity index is 2.28. The molecule has 0 aromatic heterocycles. The maximum atomic E-state index is 11.5. The number of hydrogen-bond donors (Lipinski definition) is 0. The molecule has 0 unspecified atom stereocenters. The van der Waals surface area contributed by atoms with Crippen LogP contribution < -0.4 is 4.90 Å². The third-order valence-corrected chi connectivity index (χ3v) is 2.85. The first-order valence-corrected chi connectivity index (χ1v) is 6.00. The zero-order chi connectivity index (χ0) is 13.8. The Hall–Kier alpha value is -2.30. The number of carbonyl (C=O) groups excluding carboxylic acids is 1. The van der Waals surface area contributed by atoms with Gasteiger partial charge in [0.2, 0.25) is 0 Å². The van der Waals surface area contributed by atoms with Crippen molar-refractivity contribution in [2.24, 2.45) is 5.16 Å². The molecule has 5 nitrogen and oxygen atoms in total. The zero-order valence-electron chi connectivity index (χ0n) is 11.3. The first-order chi connectivity index (χ1) is 9.08. The highest BCUT2D eigenvalue weighted by Gasteiger charge is 2.14. The standard InChI is InChI=1S/C14H17N3O2/c1-16(2)12-6-4-11(5-7-12)14-15-19-9-8-13(18)10-17(14)3/h4-9H,10H2,1-3H3/b9-8-,15-14-. The van der Waals surface area contributed by atoms with Crippen LogP contribution in [0.1, 0.15) is 5.56 Å². The van der Waals surface area contributed by atoms with E-state index < -0.39 is 0 Å². The Bertz CT molecular complexity index is 518. The predicted octanol–water partition coefficient (Wildman–Crippen LogP) is 1.46. The third kappa shape index (κ3) is 3.13. The number of amidine groups is 1. The van der Waals surface area contributed by atoms with Crippen molar-refractivity contribution in [2.75, 3.05) is 32.6 Å². The predicted molar refractivity (Wildman–Crippen MR) is 75.2 cm³/mol. The van der Waals surface area contributed by atoms with Gasteiger partial charge in [-0.1, -0.05) is 5.16 Å². The van der Waals surface area contributed by atoms with Gasteiger partial charge >= 0.3 is 0 Å². The van der Waals surface area contributed by atoms with Crippen LogP contribution in [0.15, 0.2) is 41.8 Å². The van der Waals surface area contributed by atoms with Gasteiger partial charge < -0.3 is 14.6 Å². The minimum Gasteiger partial charge on any atom is -0.378 e. The summed E-state index contributed by atoms with van der Waals surface area (Å²) >= 11 is 0. The van der Waals surface area contributed by atoms with Crippen molar-refractivity contribution in [1.82, 2.24) is 4.90 Å². The van der Waals surface area contributed by atoms with Gasteiger partial charge in [-0.15, -0.1) is 0 Å². The average Bonchev–Trinajstić information content (AvgIpc) is 2.36. The molecule has 5 heteroatoms. The Morgan fingerprint density at radius 3 is 2.58 bits per heavy atom. The van der Waals surface area contributed by atoms with Crippen molar-refractivity contribution >= 4 is 17.3 Å². The molecule has 0 N–H and O–H groups in total. The lowest BCUT2D eigenvalue weighted by Crippen LogP contribution is -2.33. The van der Waals surface area contributed by atoms with E-state index >= 15 is 0 Å². The summed E-state index contributed by atoms with van der Waals surface area (Å²) in [4.78, 5) is 20.3. The molecular weight excluding hydrogens is 242 g/mol. The number of likely N-dealkylation sites (N-methyl/N-ethyl adjacent to an activating group) is 1. The number of oxime groups is 1. The first kappa shape index (κ1) is 13.1. The molecule has 0 spiro atoms. The fourth-order valence-corrected chi connectivity index (χ4v) is 1.80. The summed E-state index contributed by atoms with van der Waals surface area (Å²) in [5.41, 5.74) is 2.02. The first-order valence-electron chi connectivity index (χ1n) is 6.00. The summed E-state index contributed by atoms with van der Waals surface area (Å²) in [6.45, 7) is 0.286. The molecule has 1 aromatic rings. The lowest BCUT2D eigenvalue weighted by Gasteiger charge is -2.21. The summed E-state index contributed by atoms with van der Waals surface area (Å²) in [5, 5.41) is 4.03. The van der Waals surface area contributed by atoms with Crippen molar-refractivity contribution in [2.45, 2.75) is 0 Å². The van der Waals surface area contributed by atoms with Gasteiger partial charge in [0.25, 0.3) is 0 Å². The van der Waals surface area contributed by atoms with Gasteiger partial charge in [-0.2, -0.15) is 0 Å². The molecule has 0 bridgehead atoms. The van der Waals surface area contributed by atoms with E-state index in [-0.39, 0.29) is 12.3 Å². The number of rotatable bonds is 2. The lowest BCUT2D eigenvalue weighted by molar-refractivity contribution is -0.115. The van der Waals surface area contributed by atoms with Gasteiger partial charge in [0, 0.05) is 38.5 Å². The van der Waals surface area contributed by atoms with Crippen molar-refractivity contribution in [3.63, 3.8) is 0 Å². The van der Waals surface area contributed by atoms with E-state index in [4.69, 9.17) is 4.84 Å². The lowest BCUT2D eigenvalue weighted by atomic mass is 10.1. The van der Waals surface area contributed by atoms with E-state index in [0.717, 1.165) is 11.3 Å². The minimum absolute atomic E-state index is 0.0141. The van der Waals surface area contributed by atoms with Gasteiger partial charge in [-0.25, -0.2) is 0 Å². The topological polar surface area (TPSA) is 45.1 Å². The van der Waals surface area contributed by atoms with Crippen LogP contribution in [0.5, 0.6) is 0 Å². The van der Waals surface area contributed by atoms with E-state index in [0.29, 0.717) is 5.84 Å². The normalized spacial score (nSPS) is 19.8. The molecule has 0 saturated heterocycles. The Morgan fingerprint density at radius 1 is 1.26 bits per heavy atom. The van der Waals surface area contributed by atoms with Crippen LogP contribution in [0.4, 0.5) is 5.69 Å². The van der Waals surface area contributed by atoms with Crippen LogP contribution >= 0.6 is 0 Å². The molecule has 0 atom stereocenters. The second-order valence-electron chi connectivity index (χ2n) is 4.59. The van der Waals surface area contributed by atoms with Crippen LogP contribution in [0, 0.1) is 0 Å². The van der Waals surface area contributed by atoms with E-state index in [1.807, 2.05) is 50.3 Å². The van der Waals surface area contributed by atoms with E-state index in [1.165, 1.54) is 12.3 Å². The summed E-state index contributed by atoms with van der Waals surface area (Å²) < 4.78 is 0. The number of nitrogens with zero attached hydrogens (tertiary/aromatic N) is 3. The summed E-state index contributed by atoms with van der Waals surface area (Å²) in [6.07, 6.45) is 2.69. The van der Waals surface area contributed by atoms with Crippen LogP contribution in [0.2, 0.25) is 0 Å². The fourth-order valence-electron chi connectivity index (χ4n) is 1.80. The summed E-state index contributed by atoms with van der Waals surface area (Å²) in [7, 11) is 5.79. The van der Waals surface area contributed by atoms with Crippen LogP contribution in [0.3, 0.4) is 0 Å². The molecule has 1 aliphatic heterocycles. The van der Waals surface area contributed by atoms with Crippen LogP contribution in [0.25, 0.3) is 0 Å². The molecule has 1 aliphatic rings. The van der Waals surface area contributed by atoms with E-state index in [9.17, 15) is 4.79 Å². The molecule has 0 radical (unpaired) electrons. The van der Waals surface area contributed by atoms with Gasteiger partial charge in [0.15, 0.2) is 11.6 Å². The second-order valence-corrected chi connectivity index (χ2v) is 4.59. The van der Waals surface area contributed by atoms with Crippen molar-refractivity contribution in [3.8, 4) is 0 Å². The molecule has 100 valence electrons. The summed E-state index contributed by atoms with van der Waals surface area (Å²) in [6, 6.07) is 7.93. The third-order valence-electron chi connectivity index (χ3n) is 2.85. The molecular formula is C14H17N3O2. The number of benzene rings is 1. The largest absolute Gasteiger partial charge is 0.378 e. The Labute approximate surface area is 112 Å². The second kappa shape index (κ2) is 5.56. The molecule has 0 aliphatic carbocycles. The SMILES string of the molecule is CN1CC(=O)/C=C\O/N=C\1c1ccc(N(C)C)cc1. The molecule has 0 amide bonds. The smallest absolute Gasteiger partial charge is 0.178 e. The molecule has 19 heavy (non-hydrogen) atoms. The number of ketones is 1. The van der Waals surface area contributed by atoms with E-state index in [1.54, 1.807) is 4.90 Å². The maximum Gasteiger partial charge on any atom is 0.178 e. The van der Waals surface area contributed by atoms with Gasteiger partial charge in [0.05, 0.1) is 6.54 Å². The van der Waals surface area contributed by atoms with Gasteiger partial charge in [-0.3, -0.25) is 4.79 Å². The molecule has 1 heterocycles. The van der Waals surface area contributed by atoms with Crippen molar-refractivity contribution < 1.29 is 9.63 Å². The average molecular weight is 259 g/mol. The molecule has 1 aromatic carbocycles. The fraction of sp³-hybridized carbons (Fsp3) is 0.286. The Kier molecular flexibility index (Phi) is 3.85. The zero-order valence-corrected chi connectivity index (χ0v) is 11.3. The highest BCUT2D eigenvalue weighted by atomic mass is 16.6. The monoisotopic (exact) mass is 259 g/mol. The number of carbonyl (C=O) groups is 1.